The largest absolute Gasteiger partial charge is 0.340 e. The van der Waals surface area contributed by atoms with Gasteiger partial charge in [0, 0.05) is 93.5 Å². The van der Waals surface area contributed by atoms with Gasteiger partial charge in [0.15, 0.2) is 0 Å². The molecule has 0 atom stereocenters. The molecule has 0 spiro atoms. The summed E-state index contributed by atoms with van der Waals surface area (Å²) >= 11 is 3.08. The maximum Gasteiger partial charge on any atom is 0.148 e. The molecule has 24 heteroatoms. The van der Waals surface area contributed by atoms with Crippen LogP contribution in [-0.4, -0.2) is 103 Å². The van der Waals surface area contributed by atoms with Crippen LogP contribution in [0.25, 0.3) is 66.1 Å². The van der Waals surface area contributed by atoms with Crippen LogP contribution in [0.5, 0.6) is 0 Å². The number of nitrogens with zero attached hydrogens (tertiary/aromatic N) is 10. The number of fused-ring (bicyclic) bond motifs is 4. The lowest BCUT2D eigenvalue weighted by molar-refractivity contribution is 0.594. The lowest BCUT2D eigenvalue weighted by Gasteiger charge is -2.10. The van der Waals surface area contributed by atoms with Gasteiger partial charge >= 0.3 is 0 Å². The Bertz CT molecular complexity index is 4090. The van der Waals surface area contributed by atoms with Gasteiger partial charge in [-0.05, 0) is 71.8 Å². The first-order chi connectivity index (χ1) is 38.8. The van der Waals surface area contributed by atoms with Gasteiger partial charge in [-0.1, -0.05) is 72.8 Å². The van der Waals surface area contributed by atoms with Crippen molar-refractivity contribution in [2.75, 3.05) is 47.7 Å². The SMILES string of the molecule is CS(=O)(=O)CCNCc1nc(-c2ccc3ncnc(Nc4ccc5c(cnn5Cc5ccccc5)c4)c3c2)cs1.CS(=O)(=O)CCNCc1nc(-c2ccc3ncnc(Nc4ccc5c(cnn5Cc5ccccc5)c4)c3c2)cs1.Cl.Cl. The van der Waals surface area contributed by atoms with E-state index in [2.05, 4.69) is 99.9 Å². The Balaban J connectivity index is 0.000000193. The molecule has 0 aliphatic carbocycles. The highest BCUT2D eigenvalue weighted by atomic mass is 35.5. The molecule has 12 aromatic rings. The molecule has 6 aromatic carbocycles. The summed E-state index contributed by atoms with van der Waals surface area (Å²) in [5, 5.41) is 32.1. The number of aromatic nitrogens is 10. The van der Waals surface area contributed by atoms with Crippen molar-refractivity contribution in [1.29, 1.82) is 0 Å². The Morgan fingerprint density at radius 3 is 1.34 bits per heavy atom. The maximum absolute atomic E-state index is 11.3. The first kappa shape index (κ1) is 58.8. The molecule has 0 fully saturated rings. The number of nitrogens with one attached hydrogen (secondary N) is 4. The first-order valence-electron chi connectivity index (χ1n) is 25.5. The maximum atomic E-state index is 11.3. The highest BCUT2D eigenvalue weighted by Crippen LogP contribution is 2.33. The van der Waals surface area contributed by atoms with Crippen molar-refractivity contribution >= 4 is 134 Å². The third kappa shape index (κ3) is 15.0. The van der Waals surface area contributed by atoms with Crippen molar-refractivity contribution in [3.63, 3.8) is 0 Å². The van der Waals surface area contributed by atoms with Crippen LogP contribution < -0.4 is 21.3 Å². The zero-order valence-corrected chi connectivity index (χ0v) is 49.3. The van der Waals surface area contributed by atoms with Gasteiger partial charge in [0.05, 0.1) is 70.4 Å². The molecule has 18 nitrogen and oxygen atoms in total. The molecular formula is C58H56Cl2N14O4S4. The standard InChI is InChI=1S/2C29H27N7O2S2.2ClH/c2*1-40(37,38)12-11-30-16-28-35-26(18-39-28)21-7-9-25-24(14-21)29(32-19-31-25)34-23-8-10-27-22(13-23)15-33-36(27)17-20-5-3-2-4-6-20;;/h2*2-10,13-15,18-19,30H,11-12,16-17H2,1H3,(H,31,32,34);2*1H. The second kappa shape index (κ2) is 26.4. The van der Waals surface area contributed by atoms with Gasteiger partial charge in [-0.3, -0.25) is 9.36 Å². The summed E-state index contributed by atoms with van der Waals surface area (Å²) in [6.07, 6.45) is 9.36. The van der Waals surface area contributed by atoms with Crippen molar-refractivity contribution in [1.82, 2.24) is 60.1 Å². The van der Waals surface area contributed by atoms with Crippen LogP contribution in [0, 0.1) is 0 Å². The van der Waals surface area contributed by atoms with Gasteiger partial charge in [-0.15, -0.1) is 47.5 Å². The zero-order chi connectivity index (χ0) is 55.1. The molecule has 0 saturated heterocycles. The number of thiazole rings is 2. The van der Waals surface area contributed by atoms with Crippen molar-refractivity contribution < 1.29 is 16.8 Å². The van der Waals surface area contributed by atoms with Crippen LogP contribution in [0.4, 0.5) is 23.0 Å². The van der Waals surface area contributed by atoms with Gasteiger partial charge in [0.1, 0.15) is 54.0 Å². The Hall–Kier alpha value is -7.80. The average Bonchev–Trinajstić information content (AvgIpc) is 4.42. The van der Waals surface area contributed by atoms with Crippen LogP contribution >= 0.6 is 47.5 Å². The smallest absolute Gasteiger partial charge is 0.148 e. The summed E-state index contributed by atoms with van der Waals surface area (Å²) in [6.45, 7) is 3.27. The van der Waals surface area contributed by atoms with E-state index in [9.17, 15) is 16.8 Å². The van der Waals surface area contributed by atoms with Gasteiger partial charge < -0.3 is 21.3 Å². The van der Waals surface area contributed by atoms with E-state index >= 15 is 0 Å². The van der Waals surface area contributed by atoms with E-state index in [4.69, 9.17) is 9.97 Å². The molecule has 6 heterocycles. The molecule has 420 valence electrons. The van der Waals surface area contributed by atoms with E-state index in [1.165, 1.54) is 23.6 Å². The number of halogens is 2. The van der Waals surface area contributed by atoms with E-state index in [1.807, 2.05) is 117 Å². The minimum atomic E-state index is -2.99. The Morgan fingerprint density at radius 1 is 0.500 bits per heavy atom. The molecule has 12 rings (SSSR count). The van der Waals surface area contributed by atoms with Gasteiger partial charge in [-0.2, -0.15) is 10.2 Å². The fourth-order valence-electron chi connectivity index (χ4n) is 8.95. The highest BCUT2D eigenvalue weighted by molar-refractivity contribution is 7.90. The summed E-state index contributed by atoms with van der Waals surface area (Å²) in [5.74, 6) is 1.63. The van der Waals surface area contributed by atoms with E-state index in [1.54, 1.807) is 35.3 Å². The number of anilines is 4. The minimum Gasteiger partial charge on any atom is -0.340 e. The highest BCUT2D eigenvalue weighted by Gasteiger charge is 2.14. The van der Waals surface area contributed by atoms with Gasteiger partial charge in [0.25, 0.3) is 0 Å². The fraction of sp³-hybridized carbons (Fsp3) is 0.172. The Morgan fingerprint density at radius 2 is 0.927 bits per heavy atom. The molecule has 0 radical (unpaired) electrons. The summed E-state index contributed by atoms with van der Waals surface area (Å²) < 4.78 is 49.3. The number of hydrogen-bond acceptors (Lipinski definition) is 18. The predicted molar refractivity (Wildman–Crippen MR) is 336 cm³/mol. The van der Waals surface area contributed by atoms with E-state index in [-0.39, 0.29) is 36.3 Å². The van der Waals surface area contributed by atoms with Crippen molar-refractivity contribution in [3.8, 4) is 22.5 Å². The second-order valence-electron chi connectivity index (χ2n) is 19.1. The Kier molecular flexibility index (Phi) is 19.0. The monoisotopic (exact) mass is 1210 g/mol. The number of sulfone groups is 2. The van der Waals surface area contributed by atoms with E-state index in [0.29, 0.717) is 50.9 Å². The van der Waals surface area contributed by atoms with Gasteiger partial charge in [0.2, 0.25) is 0 Å². The predicted octanol–water partition coefficient (Wildman–Crippen LogP) is 10.9. The average molecular weight is 1210 g/mol. The van der Waals surface area contributed by atoms with Gasteiger partial charge in [-0.25, -0.2) is 46.7 Å². The number of hydrogen-bond donors (Lipinski definition) is 4. The summed E-state index contributed by atoms with van der Waals surface area (Å²) in [4.78, 5) is 27.4. The number of rotatable bonds is 20. The topological polar surface area (TPSA) is 229 Å². The third-order valence-corrected chi connectivity index (χ3v) is 16.6. The number of benzene rings is 6. The molecule has 0 amide bonds. The van der Waals surface area contributed by atoms with E-state index in [0.717, 1.165) is 87.5 Å². The van der Waals surface area contributed by atoms with Crippen LogP contribution in [0.15, 0.2) is 169 Å². The molecule has 0 aliphatic heterocycles. The van der Waals surface area contributed by atoms with E-state index < -0.39 is 19.7 Å². The zero-order valence-electron chi connectivity index (χ0n) is 44.4. The molecule has 0 aliphatic rings. The molecule has 4 N–H and O–H groups in total. The van der Waals surface area contributed by atoms with Crippen LogP contribution in [-0.2, 0) is 45.9 Å². The minimum absolute atomic E-state index is 0. The quantitative estimate of drug-likeness (QED) is 0.0520. The summed E-state index contributed by atoms with van der Waals surface area (Å²) in [6, 6.07) is 45.0. The molecule has 82 heavy (non-hydrogen) atoms. The van der Waals surface area contributed by atoms with Crippen molar-refractivity contribution in [2.24, 2.45) is 0 Å². The molecular weight excluding hydrogens is 1160 g/mol. The lowest BCUT2D eigenvalue weighted by atomic mass is 10.1. The van der Waals surface area contributed by atoms with Crippen LogP contribution in [0.2, 0.25) is 0 Å². The normalized spacial score (nSPS) is 11.5. The van der Waals surface area contributed by atoms with Crippen molar-refractivity contribution in [3.05, 3.63) is 190 Å². The van der Waals surface area contributed by atoms with Crippen LogP contribution in [0.1, 0.15) is 21.1 Å². The molecule has 0 unspecified atom stereocenters. The second-order valence-corrected chi connectivity index (χ2v) is 25.6. The van der Waals surface area contributed by atoms with Crippen molar-refractivity contribution in [2.45, 2.75) is 26.2 Å². The summed E-state index contributed by atoms with van der Waals surface area (Å²) in [7, 11) is -5.97. The first-order valence-corrected chi connectivity index (χ1v) is 31.4. The Labute approximate surface area is 494 Å². The third-order valence-electron chi connectivity index (χ3n) is 13.0. The molecule has 6 aromatic heterocycles. The lowest BCUT2D eigenvalue weighted by Crippen LogP contribution is -2.21. The molecule has 0 saturated carbocycles. The fourth-order valence-corrected chi connectivity index (χ4v) is 11.5. The van der Waals surface area contributed by atoms with Crippen LogP contribution in [0.3, 0.4) is 0 Å². The summed E-state index contributed by atoms with van der Waals surface area (Å²) in [5.41, 5.74) is 11.6. The molecule has 0 bridgehead atoms.